The minimum absolute atomic E-state index is 0. The number of halogens is 2. The monoisotopic (exact) mass is 433 g/mol. The molecule has 0 saturated heterocycles. The number of nitrogens with zero attached hydrogens (tertiary/aromatic N) is 2. The summed E-state index contributed by atoms with van der Waals surface area (Å²) in [4.78, 5) is 4.20. The van der Waals surface area contributed by atoms with Gasteiger partial charge in [-0.2, -0.15) is 0 Å². The summed E-state index contributed by atoms with van der Waals surface area (Å²) in [6, 6.07) is 4.70. The highest BCUT2D eigenvalue weighted by Gasteiger charge is 2.37. The third kappa shape index (κ3) is 4.61. The molecular formula is C16H21Cl2N5O3S. The smallest absolute Gasteiger partial charge is 0.241 e. The van der Waals surface area contributed by atoms with Crippen LogP contribution in [0.3, 0.4) is 0 Å². The van der Waals surface area contributed by atoms with E-state index in [1.165, 1.54) is 12.1 Å². The van der Waals surface area contributed by atoms with Crippen LogP contribution in [0.1, 0.15) is 25.7 Å². The molecular weight excluding hydrogens is 413 g/mol. The molecule has 3 rings (SSSR count). The minimum atomic E-state index is -3.77. The number of fused-ring (bicyclic) bond motifs is 1. The molecule has 0 spiro atoms. The molecule has 0 radical (unpaired) electrons. The largest absolute Gasteiger partial charge is 0.394 e. The van der Waals surface area contributed by atoms with Crippen molar-refractivity contribution in [2.75, 3.05) is 11.9 Å². The Morgan fingerprint density at radius 1 is 1.33 bits per heavy atom. The number of aliphatic hydroxyl groups is 1. The van der Waals surface area contributed by atoms with Gasteiger partial charge in [-0.25, -0.2) is 13.1 Å². The Kier molecular flexibility index (Phi) is 6.87. The third-order valence-electron chi connectivity index (χ3n) is 4.61. The van der Waals surface area contributed by atoms with Crippen LogP contribution in [0.2, 0.25) is 0 Å². The Hall–Kier alpha value is -1.65. The van der Waals surface area contributed by atoms with Crippen LogP contribution in [0.5, 0.6) is 0 Å². The van der Waals surface area contributed by atoms with Crippen LogP contribution in [-0.4, -0.2) is 36.6 Å². The molecule has 1 fully saturated rings. The summed E-state index contributed by atoms with van der Waals surface area (Å²) in [5.41, 5.74) is 5.35. The number of sulfonamides is 1. The second-order valence-electron chi connectivity index (χ2n) is 6.42. The molecule has 1 aliphatic rings. The quantitative estimate of drug-likeness (QED) is 0.421. The summed E-state index contributed by atoms with van der Waals surface area (Å²) >= 11 is 5.32. The first-order valence-corrected chi connectivity index (χ1v) is 9.95. The van der Waals surface area contributed by atoms with Crippen LogP contribution >= 0.6 is 24.2 Å². The van der Waals surface area contributed by atoms with Gasteiger partial charge < -0.3 is 16.2 Å². The Bertz CT molecular complexity index is 946. The van der Waals surface area contributed by atoms with Crippen LogP contribution in [0.4, 0.5) is 5.69 Å². The highest BCUT2D eigenvalue weighted by molar-refractivity contribution is 7.89. The molecule has 1 heterocycles. The molecule has 1 aromatic carbocycles. The fraction of sp³-hybridized carbons (Fsp3) is 0.375. The molecule has 0 unspecified atom stereocenters. The number of nitrogens with one attached hydrogen (secondary N) is 2. The van der Waals surface area contributed by atoms with Crippen molar-refractivity contribution in [3.8, 4) is 0 Å². The lowest BCUT2D eigenvalue weighted by molar-refractivity contribution is 0.185. The van der Waals surface area contributed by atoms with E-state index in [1.807, 2.05) is 0 Å². The fourth-order valence-electron chi connectivity index (χ4n) is 3.27. The molecule has 1 saturated carbocycles. The Labute approximate surface area is 168 Å². The first-order valence-electron chi connectivity index (χ1n) is 8.13. The van der Waals surface area contributed by atoms with Crippen LogP contribution in [-0.2, 0) is 10.0 Å². The number of rotatable bonds is 5. The van der Waals surface area contributed by atoms with Crippen molar-refractivity contribution in [2.24, 2.45) is 10.2 Å². The van der Waals surface area contributed by atoms with Crippen LogP contribution in [0, 0.1) is 0 Å². The molecule has 8 nitrogen and oxygen atoms in total. The summed E-state index contributed by atoms with van der Waals surface area (Å²) < 4.78 is 31.6. The molecule has 27 heavy (non-hydrogen) atoms. The molecule has 148 valence electrons. The lowest BCUT2D eigenvalue weighted by Crippen LogP contribution is -2.49. The summed E-state index contributed by atoms with van der Waals surface area (Å²) in [5, 5.41) is 13.8. The number of anilines is 1. The van der Waals surface area contributed by atoms with Gasteiger partial charge in [0.25, 0.3) is 0 Å². The van der Waals surface area contributed by atoms with Gasteiger partial charge >= 0.3 is 0 Å². The first kappa shape index (κ1) is 21.6. The van der Waals surface area contributed by atoms with E-state index < -0.39 is 15.6 Å². The van der Waals surface area contributed by atoms with E-state index in [1.54, 1.807) is 18.5 Å². The predicted molar refractivity (Wildman–Crippen MR) is 109 cm³/mol. The van der Waals surface area contributed by atoms with Gasteiger partial charge in [-0.1, -0.05) is 18.9 Å². The van der Waals surface area contributed by atoms with Gasteiger partial charge in [0.2, 0.25) is 16.0 Å². The van der Waals surface area contributed by atoms with Crippen molar-refractivity contribution < 1.29 is 13.5 Å². The highest BCUT2D eigenvalue weighted by Crippen LogP contribution is 2.31. The van der Waals surface area contributed by atoms with Gasteiger partial charge in [-0.3, -0.25) is 4.98 Å². The van der Waals surface area contributed by atoms with E-state index in [0.717, 1.165) is 18.2 Å². The van der Waals surface area contributed by atoms with Crippen molar-refractivity contribution >= 4 is 56.6 Å². The number of hydrogen-bond acceptors (Lipinski definition) is 5. The fourth-order valence-corrected chi connectivity index (χ4v) is 4.80. The molecule has 0 atom stereocenters. The molecule has 0 bridgehead atoms. The van der Waals surface area contributed by atoms with E-state index >= 15 is 0 Å². The van der Waals surface area contributed by atoms with Crippen molar-refractivity contribution in [1.29, 1.82) is 0 Å². The number of guanidine groups is 1. The zero-order valence-electron chi connectivity index (χ0n) is 14.4. The number of aromatic nitrogens is 1. The van der Waals surface area contributed by atoms with E-state index in [-0.39, 0.29) is 29.9 Å². The van der Waals surface area contributed by atoms with Crippen LogP contribution < -0.4 is 15.8 Å². The lowest BCUT2D eigenvalue weighted by atomic mass is 10.0. The number of benzene rings is 1. The maximum Gasteiger partial charge on any atom is 0.241 e. The van der Waals surface area contributed by atoms with Crippen LogP contribution in [0.15, 0.2) is 40.0 Å². The van der Waals surface area contributed by atoms with Gasteiger partial charge in [-0.05, 0) is 25.0 Å². The summed E-state index contributed by atoms with van der Waals surface area (Å²) in [6.45, 7) is -0.216. The standard InChI is InChI=1S/C16H20ClN5O3S.ClH/c17-21-15(18)20-14-9-19-8-11-7-12(3-4-13(11)14)26(24,25)22-16(10-23)5-1-2-6-16;/h3-4,7-9,22-23H,1-2,5-6,10H2,(H3,18,20,21);1H. The summed E-state index contributed by atoms with van der Waals surface area (Å²) in [6.07, 6.45) is 6.15. The molecule has 0 aliphatic heterocycles. The minimum Gasteiger partial charge on any atom is -0.394 e. The van der Waals surface area contributed by atoms with Crippen LogP contribution in [0.25, 0.3) is 10.8 Å². The summed E-state index contributed by atoms with van der Waals surface area (Å²) in [7, 11) is -3.77. The second-order valence-corrected chi connectivity index (χ2v) is 8.27. The zero-order chi connectivity index (χ0) is 18.8. The average molecular weight is 434 g/mol. The second kappa shape index (κ2) is 8.57. The average Bonchev–Trinajstić information content (AvgIpc) is 3.09. The number of aliphatic hydroxyl groups excluding tert-OH is 1. The normalized spacial score (nSPS) is 16.9. The Morgan fingerprint density at radius 3 is 2.67 bits per heavy atom. The SMILES string of the molecule is Cl.NC(=NCl)Nc1cncc2cc(S(=O)(=O)NC3(CO)CCCC3)ccc12. The van der Waals surface area contributed by atoms with E-state index in [4.69, 9.17) is 17.5 Å². The molecule has 11 heteroatoms. The van der Waals surface area contributed by atoms with Crippen molar-refractivity contribution in [2.45, 2.75) is 36.1 Å². The van der Waals surface area contributed by atoms with E-state index in [0.29, 0.717) is 23.9 Å². The molecule has 2 aromatic rings. The maximum absolute atomic E-state index is 12.8. The van der Waals surface area contributed by atoms with E-state index in [2.05, 4.69) is 19.5 Å². The zero-order valence-corrected chi connectivity index (χ0v) is 16.7. The molecule has 1 aromatic heterocycles. The summed E-state index contributed by atoms with van der Waals surface area (Å²) in [5.74, 6) is 0.00505. The Balaban J connectivity index is 0.00000261. The first-order chi connectivity index (χ1) is 12.4. The Morgan fingerprint density at radius 2 is 2.04 bits per heavy atom. The maximum atomic E-state index is 12.8. The number of hydrogen-bond donors (Lipinski definition) is 4. The van der Waals surface area contributed by atoms with Crippen molar-refractivity contribution in [3.05, 3.63) is 30.6 Å². The molecule has 1 aliphatic carbocycles. The predicted octanol–water partition coefficient (Wildman–Crippen LogP) is 2.12. The number of pyridine rings is 1. The molecule has 0 amide bonds. The topological polar surface area (TPSA) is 130 Å². The van der Waals surface area contributed by atoms with Gasteiger partial charge in [0.15, 0.2) is 0 Å². The number of nitrogens with two attached hydrogens (primary N) is 1. The van der Waals surface area contributed by atoms with Crippen molar-refractivity contribution in [1.82, 2.24) is 9.71 Å². The highest BCUT2D eigenvalue weighted by atomic mass is 35.5. The third-order valence-corrected chi connectivity index (χ3v) is 6.37. The van der Waals surface area contributed by atoms with Crippen molar-refractivity contribution in [3.63, 3.8) is 0 Å². The van der Waals surface area contributed by atoms with Gasteiger partial charge in [0.05, 0.1) is 28.9 Å². The van der Waals surface area contributed by atoms with E-state index in [9.17, 15) is 13.5 Å². The molecule has 5 N–H and O–H groups in total. The van der Waals surface area contributed by atoms with Gasteiger partial charge in [-0.15, -0.1) is 16.9 Å². The van der Waals surface area contributed by atoms with Gasteiger partial charge in [0.1, 0.15) is 0 Å². The van der Waals surface area contributed by atoms with Gasteiger partial charge in [0, 0.05) is 28.7 Å². The lowest BCUT2D eigenvalue weighted by Gasteiger charge is -2.27.